The smallest absolute Gasteiger partial charge is 0.262 e. The van der Waals surface area contributed by atoms with Gasteiger partial charge in [-0.05, 0) is 13.8 Å². The van der Waals surface area contributed by atoms with Gasteiger partial charge in [0.05, 0.1) is 6.33 Å². The van der Waals surface area contributed by atoms with Gasteiger partial charge in [0.15, 0.2) is 5.03 Å². The van der Waals surface area contributed by atoms with Crippen molar-refractivity contribution in [2.24, 2.45) is 7.05 Å². The average molecular weight is 365 g/mol. The number of hydrogen-bond donors (Lipinski definition) is 1. The topological polar surface area (TPSA) is 96.2 Å². The molecule has 10 heteroatoms. The average Bonchev–Trinajstić information content (AvgIpc) is 3.02. The van der Waals surface area contributed by atoms with Crippen molar-refractivity contribution in [3.63, 3.8) is 0 Å². The number of piperazine rings is 1. The van der Waals surface area contributed by atoms with Gasteiger partial charge < -0.3 is 14.8 Å². The summed E-state index contributed by atoms with van der Waals surface area (Å²) in [5.41, 5.74) is 0.879. The highest BCUT2D eigenvalue weighted by atomic mass is 32.2. The highest BCUT2D eigenvalue weighted by Gasteiger charge is 2.30. The minimum atomic E-state index is -3.54. The van der Waals surface area contributed by atoms with E-state index in [-0.39, 0.29) is 5.03 Å². The van der Waals surface area contributed by atoms with Gasteiger partial charge in [0, 0.05) is 57.7 Å². The normalized spacial score (nSPS) is 16.2. The molecule has 1 N–H and O–H groups in total. The summed E-state index contributed by atoms with van der Waals surface area (Å²) in [6.07, 6.45) is 3.02. The zero-order chi connectivity index (χ0) is 18.0. The molecule has 9 nitrogen and oxygen atoms in total. The second-order valence-corrected chi connectivity index (χ2v) is 7.87. The van der Waals surface area contributed by atoms with Crippen molar-refractivity contribution in [1.29, 1.82) is 0 Å². The van der Waals surface area contributed by atoms with Crippen LogP contribution >= 0.6 is 0 Å². The zero-order valence-corrected chi connectivity index (χ0v) is 15.5. The molecule has 0 spiro atoms. The Balaban J connectivity index is 1.72. The molecule has 0 saturated carbocycles. The highest BCUT2D eigenvalue weighted by molar-refractivity contribution is 7.89. The summed E-state index contributed by atoms with van der Waals surface area (Å²) < 4.78 is 28.4. The van der Waals surface area contributed by atoms with Gasteiger partial charge >= 0.3 is 0 Å². The molecule has 1 aliphatic heterocycles. The summed E-state index contributed by atoms with van der Waals surface area (Å²) in [6, 6.07) is 1.92. The van der Waals surface area contributed by atoms with Gasteiger partial charge in [0.25, 0.3) is 10.0 Å². The van der Waals surface area contributed by atoms with Crippen molar-refractivity contribution in [2.75, 3.05) is 42.9 Å². The molecule has 0 unspecified atom stereocenters. The fourth-order valence-corrected chi connectivity index (χ4v) is 4.15. The third-order valence-corrected chi connectivity index (χ3v) is 5.81. The van der Waals surface area contributed by atoms with E-state index in [0.717, 1.165) is 18.1 Å². The Morgan fingerprint density at radius 1 is 1.20 bits per heavy atom. The molecule has 0 aromatic carbocycles. The predicted octanol–water partition coefficient (Wildman–Crippen LogP) is 0.461. The number of anilines is 2. The van der Waals surface area contributed by atoms with Gasteiger partial charge in [0.1, 0.15) is 5.82 Å². The first-order valence-electron chi connectivity index (χ1n) is 8.23. The molecule has 0 radical (unpaired) electrons. The van der Waals surface area contributed by atoms with Crippen LogP contribution in [0.3, 0.4) is 0 Å². The van der Waals surface area contributed by atoms with E-state index in [9.17, 15) is 8.42 Å². The highest BCUT2D eigenvalue weighted by Crippen LogP contribution is 2.20. The van der Waals surface area contributed by atoms with Crippen molar-refractivity contribution in [3.05, 3.63) is 24.3 Å². The van der Waals surface area contributed by atoms with Gasteiger partial charge in [-0.15, -0.1) is 0 Å². The Labute approximate surface area is 147 Å². The number of sulfonamides is 1. The number of nitrogens with zero attached hydrogens (tertiary/aromatic N) is 6. The van der Waals surface area contributed by atoms with Crippen molar-refractivity contribution in [1.82, 2.24) is 23.8 Å². The predicted molar refractivity (Wildman–Crippen MR) is 95.1 cm³/mol. The van der Waals surface area contributed by atoms with Gasteiger partial charge in [-0.25, -0.2) is 18.4 Å². The van der Waals surface area contributed by atoms with Crippen molar-refractivity contribution in [3.8, 4) is 0 Å². The quantitative estimate of drug-likeness (QED) is 0.822. The Kier molecular flexibility index (Phi) is 4.91. The number of aromatic nitrogens is 4. The second-order valence-electron chi connectivity index (χ2n) is 5.99. The van der Waals surface area contributed by atoms with E-state index in [1.165, 1.54) is 16.8 Å². The molecular formula is C15H23N7O2S. The third kappa shape index (κ3) is 3.74. The molecule has 2 aromatic rings. The summed E-state index contributed by atoms with van der Waals surface area (Å²) in [5, 5.41) is 3.21. The summed E-state index contributed by atoms with van der Waals surface area (Å²) in [5.74, 6) is 1.42. The largest absolute Gasteiger partial charge is 0.354 e. The first-order chi connectivity index (χ1) is 11.9. The lowest BCUT2D eigenvalue weighted by molar-refractivity contribution is 0.382. The molecule has 25 heavy (non-hydrogen) atoms. The number of imidazole rings is 1. The van der Waals surface area contributed by atoms with E-state index >= 15 is 0 Å². The van der Waals surface area contributed by atoms with Crippen LogP contribution in [0.5, 0.6) is 0 Å². The van der Waals surface area contributed by atoms with Crippen LogP contribution in [0.15, 0.2) is 23.6 Å². The standard InChI is InChI=1S/C15H23N7O2S/c1-4-16-15-18-12(2)9-13(19-15)21-5-7-22(8-6-21)25(23,24)14-10-20(3)11-17-14/h9-11H,4-8H2,1-3H3,(H,16,18,19). The van der Waals surface area contributed by atoms with Crippen LogP contribution in [-0.2, 0) is 17.1 Å². The maximum absolute atomic E-state index is 12.6. The Morgan fingerprint density at radius 3 is 2.52 bits per heavy atom. The van der Waals surface area contributed by atoms with Gasteiger partial charge in [-0.1, -0.05) is 0 Å². The number of rotatable bonds is 5. The van der Waals surface area contributed by atoms with Gasteiger partial charge in [-0.2, -0.15) is 9.29 Å². The van der Waals surface area contributed by atoms with Crippen molar-refractivity contribution in [2.45, 2.75) is 18.9 Å². The molecule has 1 fully saturated rings. The van der Waals surface area contributed by atoms with E-state index in [2.05, 4.69) is 25.2 Å². The Bertz CT molecular complexity index is 841. The Morgan fingerprint density at radius 2 is 1.92 bits per heavy atom. The van der Waals surface area contributed by atoms with Crippen LogP contribution in [0.25, 0.3) is 0 Å². The van der Waals surface area contributed by atoms with E-state index in [1.54, 1.807) is 11.6 Å². The SMILES string of the molecule is CCNc1nc(C)cc(N2CCN(S(=O)(=O)c3cn(C)cn3)CC2)n1. The van der Waals surface area contributed by atoms with Crippen LogP contribution in [0, 0.1) is 6.92 Å². The molecule has 0 atom stereocenters. The van der Waals surface area contributed by atoms with Crippen molar-refractivity contribution >= 4 is 21.8 Å². The molecule has 3 rings (SSSR count). The van der Waals surface area contributed by atoms with Gasteiger partial charge in [0.2, 0.25) is 5.95 Å². The molecule has 136 valence electrons. The van der Waals surface area contributed by atoms with E-state index in [4.69, 9.17) is 0 Å². The number of nitrogens with one attached hydrogen (secondary N) is 1. The molecule has 0 aliphatic carbocycles. The fraction of sp³-hybridized carbons (Fsp3) is 0.533. The minimum Gasteiger partial charge on any atom is -0.354 e. The maximum Gasteiger partial charge on any atom is 0.262 e. The second kappa shape index (κ2) is 6.96. The number of aryl methyl sites for hydroxylation is 2. The minimum absolute atomic E-state index is 0.0933. The first kappa shape index (κ1) is 17.6. The van der Waals surface area contributed by atoms with Gasteiger partial charge in [-0.3, -0.25) is 0 Å². The molecule has 2 aromatic heterocycles. The lowest BCUT2D eigenvalue weighted by atomic mass is 10.3. The molecule has 1 saturated heterocycles. The molecule has 1 aliphatic rings. The Hall–Kier alpha value is -2.20. The summed E-state index contributed by atoms with van der Waals surface area (Å²) in [6.45, 7) is 6.62. The summed E-state index contributed by atoms with van der Waals surface area (Å²) >= 11 is 0. The van der Waals surface area contributed by atoms with Crippen LogP contribution in [0.4, 0.5) is 11.8 Å². The fourth-order valence-electron chi connectivity index (χ4n) is 2.76. The third-order valence-electron chi connectivity index (χ3n) is 4.02. The van der Waals surface area contributed by atoms with Crippen LogP contribution in [0.2, 0.25) is 0 Å². The van der Waals surface area contributed by atoms with E-state index in [0.29, 0.717) is 32.1 Å². The molecule has 0 bridgehead atoms. The summed E-state index contributed by atoms with van der Waals surface area (Å²) in [4.78, 5) is 14.9. The lowest BCUT2D eigenvalue weighted by Crippen LogP contribution is -2.49. The maximum atomic E-state index is 12.6. The molecule has 0 amide bonds. The zero-order valence-electron chi connectivity index (χ0n) is 14.7. The molecular weight excluding hydrogens is 342 g/mol. The van der Waals surface area contributed by atoms with Crippen LogP contribution in [-0.4, -0.2) is 65.0 Å². The lowest BCUT2D eigenvalue weighted by Gasteiger charge is -2.34. The molecule has 3 heterocycles. The van der Waals surface area contributed by atoms with E-state index < -0.39 is 10.0 Å². The van der Waals surface area contributed by atoms with Crippen LogP contribution < -0.4 is 10.2 Å². The van der Waals surface area contributed by atoms with E-state index in [1.807, 2.05) is 19.9 Å². The monoisotopic (exact) mass is 365 g/mol. The number of hydrogen-bond acceptors (Lipinski definition) is 7. The van der Waals surface area contributed by atoms with Crippen LogP contribution in [0.1, 0.15) is 12.6 Å². The first-order valence-corrected chi connectivity index (χ1v) is 9.67. The summed E-state index contributed by atoms with van der Waals surface area (Å²) in [7, 11) is -1.79. The van der Waals surface area contributed by atoms with Crippen molar-refractivity contribution < 1.29 is 8.42 Å².